The van der Waals surface area contributed by atoms with Gasteiger partial charge in [0.2, 0.25) is 0 Å². The molecular formula is C14H18N4OS. The van der Waals surface area contributed by atoms with Gasteiger partial charge in [-0.15, -0.1) is 0 Å². The fourth-order valence-corrected chi connectivity index (χ4v) is 1.94. The summed E-state index contributed by atoms with van der Waals surface area (Å²) < 4.78 is 7.19. The number of aromatic nitrogens is 2. The Morgan fingerprint density at radius 3 is 2.55 bits per heavy atom. The van der Waals surface area contributed by atoms with E-state index in [-0.39, 0.29) is 0 Å². The molecule has 0 atom stereocenters. The van der Waals surface area contributed by atoms with Gasteiger partial charge in [0.05, 0.1) is 24.2 Å². The highest BCUT2D eigenvalue weighted by Crippen LogP contribution is 2.17. The lowest BCUT2D eigenvalue weighted by Crippen LogP contribution is -2.19. The van der Waals surface area contributed by atoms with Crippen molar-refractivity contribution in [3.63, 3.8) is 0 Å². The summed E-state index contributed by atoms with van der Waals surface area (Å²) in [6, 6.07) is 7.66. The number of nitrogens with zero attached hydrogens (tertiary/aromatic N) is 2. The minimum absolute atomic E-state index is 0.533. The van der Waals surface area contributed by atoms with Crippen molar-refractivity contribution in [1.82, 2.24) is 9.78 Å². The Bertz CT molecular complexity index is 592. The molecule has 0 saturated carbocycles. The Labute approximate surface area is 123 Å². The summed E-state index contributed by atoms with van der Waals surface area (Å²) in [5.41, 5.74) is 2.84. The van der Waals surface area contributed by atoms with E-state index in [0.717, 1.165) is 22.8 Å². The van der Waals surface area contributed by atoms with E-state index in [1.165, 1.54) is 0 Å². The Hall–Kier alpha value is -2.08. The minimum atomic E-state index is 0.533. The maximum Gasteiger partial charge on any atom is 0.175 e. The van der Waals surface area contributed by atoms with Gasteiger partial charge in [0, 0.05) is 12.7 Å². The molecule has 0 saturated heterocycles. The first-order valence-electron chi connectivity index (χ1n) is 6.39. The van der Waals surface area contributed by atoms with Gasteiger partial charge in [-0.1, -0.05) is 0 Å². The summed E-state index contributed by atoms with van der Waals surface area (Å²) >= 11 is 5.28. The average Bonchev–Trinajstić information content (AvgIpc) is 2.73. The van der Waals surface area contributed by atoms with Gasteiger partial charge in [-0.25, -0.2) is 0 Å². The van der Waals surface area contributed by atoms with E-state index < -0.39 is 0 Å². The van der Waals surface area contributed by atoms with Crippen molar-refractivity contribution < 1.29 is 4.74 Å². The van der Waals surface area contributed by atoms with Crippen LogP contribution in [0.2, 0.25) is 0 Å². The van der Waals surface area contributed by atoms with Crippen LogP contribution in [0.4, 0.5) is 11.4 Å². The van der Waals surface area contributed by atoms with E-state index in [4.69, 9.17) is 17.0 Å². The first kappa shape index (κ1) is 14.3. The number of thiocarbonyl (C=S) groups is 1. The van der Waals surface area contributed by atoms with E-state index >= 15 is 0 Å². The van der Waals surface area contributed by atoms with E-state index in [0.29, 0.717) is 11.7 Å². The minimum Gasteiger partial charge on any atom is -0.494 e. The molecular weight excluding hydrogens is 272 g/mol. The van der Waals surface area contributed by atoms with Crippen molar-refractivity contribution in [2.24, 2.45) is 7.05 Å². The molecule has 0 aliphatic carbocycles. The van der Waals surface area contributed by atoms with Crippen molar-refractivity contribution in [2.75, 3.05) is 17.2 Å². The van der Waals surface area contributed by atoms with Gasteiger partial charge in [-0.05, 0) is 50.3 Å². The second kappa shape index (κ2) is 6.38. The van der Waals surface area contributed by atoms with Gasteiger partial charge in [0.25, 0.3) is 0 Å². The molecule has 1 aromatic heterocycles. The predicted octanol–water partition coefficient (Wildman–Crippen LogP) is 2.94. The van der Waals surface area contributed by atoms with Crippen LogP contribution in [0.3, 0.4) is 0 Å². The highest BCUT2D eigenvalue weighted by atomic mass is 32.1. The van der Waals surface area contributed by atoms with Crippen LogP contribution in [0.1, 0.15) is 12.6 Å². The second-order valence-electron chi connectivity index (χ2n) is 4.30. The average molecular weight is 290 g/mol. The van der Waals surface area contributed by atoms with Crippen LogP contribution >= 0.6 is 12.2 Å². The molecule has 0 bridgehead atoms. The predicted molar refractivity (Wildman–Crippen MR) is 85.4 cm³/mol. The topological polar surface area (TPSA) is 51.1 Å². The third-order valence-corrected chi connectivity index (χ3v) is 3.11. The van der Waals surface area contributed by atoms with Gasteiger partial charge in [0.1, 0.15) is 5.75 Å². The molecule has 106 valence electrons. The lowest BCUT2D eigenvalue weighted by molar-refractivity contribution is 0.340. The van der Waals surface area contributed by atoms with Crippen molar-refractivity contribution >= 4 is 28.7 Å². The smallest absolute Gasteiger partial charge is 0.175 e. The van der Waals surface area contributed by atoms with Crippen LogP contribution in [-0.2, 0) is 7.05 Å². The summed E-state index contributed by atoms with van der Waals surface area (Å²) in [7, 11) is 1.89. The van der Waals surface area contributed by atoms with Gasteiger partial charge in [-0.3, -0.25) is 4.68 Å². The molecule has 0 unspecified atom stereocenters. The number of hydrogen-bond donors (Lipinski definition) is 2. The molecule has 0 radical (unpaired) electrons. The van der Waals surface area contributed by atoms with Gasteiger partial charge in [-0.2, -0.15) is 5.10 Å². The Kier molecular flexibility index (Phi) is 4.57. The number of nitrogens with one attached hydrogen (secondary N) is 2. The fraction of sp³-hybridized carbons (Fsp3) is 0.286. The van der Waals surface area contributed by atoms with E-state index in [1.807, 2.05) is 45.2 Å². The summed E-state index contributed by atoms with van der Waals surface area (Å²) in [6.07, 6.45) is 1.75. The summed E-state index contributed by atoms with van der Waals surface area (Å²) in [5, 5.41) is 10.9. The normalized spacial score (nSPS) is 10.2. The molecule has 1 heterocycles. The first-order chi connectivity index (χ1) is 9.60. The molecule has 6 heteroatoms. The van der Waals surface area contributed by atoms with Crippen LogP contribution in [-0.4, -0.2) is 21.5 Å². The number of benzene rings is 1. The Balaban J connectivity index is 1.96. The molecule has 2 rings (SSSR count). The summed E-state index contributed by atoms with van der Waals surface area (Å²) in [4.78, 5) is 0. The standard InChI is InChI=1S/C14H18N4OS/c1-4-19-12-7-5-11(6-8-12)16-14(20)17-13-9-15-18(3)10(13)2/h5-9H,4H2,1-3H3,(H2,16,17,20). The van der Waals surface area contributed by atoms with Crippen LogP contribution in [0, 0.1) is 6.92 Å². The van der Waals surface area contributed by atoms with Gasteiger partial charge >= 0.3 is 0 Å². The van der Waals surface area contributed by atoms with Crippen LogP contribution in [0.25, 0.3) is 0 Å². The van der Waals surface area contributed by atoms with Crippen molar-refractivity contribution in [1.29, 1.82) is 0 Å². The highest BCUT2D eigenvalue weighted by Gasteiger charge is 2.05. The maximum absolute atomic E-state index is 5.39. The molecule has 2 N–H and O–H groups in total. The Morgan fingerprint density at radius 2 is 2.00 bits per heavy atom. The molecule has 0 aliphatic heterocycles. The number of hydrogen-bond acceptors (Lipinski definition) is 3. The quantitative estimate of drug-likeness (QED) is 0.848. The van der Waals surface area contributed by atoms with Crippen LogP contribution in [0.5, 0.6) is 5.75 Å². The number of ether oxygens (including phenoxy) is 1. The zero-order chi connectivity index (χ0) is 14.5. The zero-order valence-corrected chi connectivity index (χ0v) is 12.6. The Morgan fingerprint density at radius 1 is 1.30 bits per heavy atom. The molecule has 0 fully saturated rings. The third kappa shape index (κ3) is 3.48. The monoisotopic (exact) mass is 290 g/mol. The molecule has 20 heavy (non-hydrogen) atoms. The summed E-state index contributed by atoms with van der Waals surface area (Å²) in [6.45, 7) is 4.60. The largest absolute Gasteiger partial charge is 0.494 e. The zero-order valence-electron chi connectivity index (χ0n) is 11.8. The highest BCUT2D eigenvalue weighted by molar-refractivity contribution is 7.80. The van der Waals surface area contributed by atoms with Gasteiger partial charge in [0.15, 0.2) is 5.11 Å². The van der Waals surface area contributed by atoms with Gasteiger partial charge < -0.3 is 15.4 Å². The van der Waals surface area contributed by atoms with E-state index in [1.54, 1.807) is 10.9 Å². The number of rotatable bonds is 4. The molecule has 5 nitrogen and oxygen atoms in total. The van der Waals surface area contributed by atoms with Crippen LogP contribution in [0.15, 0.2) is 30.5 Å². The maximum atomic E-state index is 5.39. The number of aryl methyl sites for hydroxylation is 1. The fourth-order valence-electron chi connectivity index (χ4n) is 1.71. The lowest BCUT2D eigenvalue weighted by atomic mass is 10.3. The van der Waals surface area contributed by atoms with Crippen molar-refractivity contribution in [2.45, 2.75) is 13.8 Å². The lowest BCUT2D eigenvalue weighted by Gasteiger charge is -2.10. The SMILES string of the molecule is CCOc1ccc(NC(=S)Nc2cnn(C)c2C)cc1. The molecule has 0 spiro atoms. The summed E-state index contributed by atoms with van der Waals surface area (Å²) in [5.74, 6) is 0.847. The third-order valence-electron chi connectivity index (χ3n) is 2.91. The molecule has 0 aliphatic rings. The molecule has 2 aromatic rings. The first-order valence-corrected chi connectivity index (χ1v) is 6.80. The van der Waals surface area contributed by atoms with Crippen LogP contribution < -0.4 is 15.4 Å². The van der Waals surface area contributed by atoms with Crippen molar-refractivity contribution in [3.05, 3.63) is 36.2 Å². The number of anilines is 2. The van der Waals surface area contributed by atoms with E-state index in [2.05, 4.69) is 15.7 Å². The van der Waals surface area contributed by atoms with Crippen molar-refractivity contribution in [3.8, 4) is 5.75 Å². The van der Waals surface area contributed by atoms with E-state index in [9.17, 15) is 0 Å². The molecule has 1 aromatic carbocycles. The second-order valence-corrected chi connectivity index (χ2v) is 4.71. The molecule has 0 amide bonds.